The number of benzene rings is 2. The molecule has 2 aromatic carbocycles. The van der Waals surface area contributed by atoms with Crippen molar-refractivity contribution in [1.82, 2.24) is 9.78 Å². The fourth-order valence-corrected chi connectivity index (χ4v) is 3.18. The van der Waals surface area contributed by atoms with Crippen molar-refractivity contribution in [2.24, 2.45) is 0 Å². The molecule has 0 amide bonds. The summed E-state index contributed by atoms with van der Waals surface area (Å²) in [7, 11) is 0. The van der Waals surface area contributed by atoms with Gasteiger partial charge in [-0.15, -0.1) is 0 Å². The molecule has 0 N–H and O–H groups in total. The molecule has 3 rings (SSSR count). The van der Waals surface area contributed by atoms with Gasteiger partial charge >= 0.3 is 5.97 Å². The van der Waals surface area contributed by atoms with Gasteiger partial charge in [-0.2, -0.15) is 5.10 Å². The van der Waals surface area contributed by atoms with Gasteiger partial charge in [0.15, 0.2) is 24.0 Å². The van der Waals surface area contributed by atoms with Crippen LogP contribution in [0.1, 0.15) is 32.9 Å². The molecule has 0 atom stereocenters. The van der Waals surface area contributed by atoms with Crippen LogP contribution in [0.3, 0.4) is 0 Å². The molecule has 31 heavy (non-hydrogen) atoms. The molecule has 3 aromatic rings. The normalized spacial score (nSPS) is 11.1. The molecule has 0 saturated heterocycles. The number of ether oxygens (including phenoxy) is 1. The van der Waals surface area contributed by atoms with Crippen LogP contribution in [-0.4, -0.2) is 28.1 Å². The minimum Gasteiger partial charge on any atom is -0.454 e. The Balaban J connectivity index is 1.64. The Hall–Kier alpha value is -3.32. The monoisotopic (exact) mass is 444 g/mol. The van der Waals surface area contributed by atoms with E-state index in [0.717, 1.165) is 35.0 Å². The van der Waals surface area contributed by atoms with E-state index in [9.17, 15) is 18.4 Å². The summed E-state index contributed by atoms with van der Waals surface area (Å²) in [6.07, 6.45) is 2.75. The molecule has 0 bridgehead atoms. The third kappa shape index (κ3) is 5.44. The Morgan fingerprint density at radius 3 is 2.58 bits per heavy atom. The van der Waals surface area contributed by atoms with Crippen LogP contribution < -0.4 is 0 Å². The van der Waals surface area contributed by atoms with Crippen molar-refractivity contribution in [3.63, 3.8) is 0 Å². The van der Waals surface area contributed by atoms with Gasteiger partial charge in [0.25, 0.3) is 0 Å². The average Bonchev–Trinajstić information content (AvgIpc) is 3.01. The van der Waals surface area contributed by atoms with Gasteiger partial charge < -0.3 is 4.74 Å². The molecular formula is C23H19ClF2N2O3. The number of nitrogens with zero attached hydrogens (tertiary/aromatic N) is 2. The highest BCUT2D eigenvalue weighted by Gasteiger charge is 2.13. The first kappa shape index (κ1) is 22.4. The molecule has 0 radical (unpaired) electrons. The number of aromatic nitrogens is 2. The number of carbonyl (C=O) groups is 2. The van der Waals surface area contributed by atoms with E-state index < -0.39 is 30.0 Å². The third-order valence-corrected chi connectivity index (χ3v) is 5.06. The fourth-order valence-electron chi connectivity index (χ4n) is 2.98. The lowest BCUT2D eigenvalue weighted by atomic mass is 10.1. The first-order valence-electron chi connectivity index (χ1n) is 9.36. The lowest BCUT2D eigenvalue weighted by Gasteiger charge is -2.06. The van der Waals surface area contributed by atoms with E-state index in [2.05, 4.69) is 5.10 Å². The van der Waals surface area contributed by atoms with Crippen molar-refractivity contribution in [3.05, 3.63) is 93.3 Å². The summed E-state index contributed by atoms with van der Waals surface area (Å²) in [4.78, 5) is 24.0. The minimum absolute atomic E-state index is 0.0804. The van der Waals surface area contributed by atoms with Crippen LogP contribution in [0.4, 0.5) is 8.78 Å². The van der Waals surface area contributed by atoms with Crippen molar-refractivity contribution >= 4 is 29.4 Å². The first-order valence-corrected chi connectivity index (χ1v) is 9.74. The van der Waals surface area contributed by atoms with Crippen molar-refractivity contribution in [1.29, 1.82) is 0 Å². The van der Waals surface area contributed by atoms with E-state index in [0.29, 0.717) is 17.3 Å². The van der Waals surface area contributed by atoms with Crippen LogP contribution in [0.25, 0.3) is 6.08 Å². The van der Waals surface area contributed by atoms with E-state index in [4.69, 9.17) is 16.3 Å². The van der Waals surface area contributed by atoms with Crippen LogP contribution in [0.2, 0.25) is 5.02 Å². The van der Waals surface area contributed by atoms with E-state index in [1.165, 1.54) is 6.08 Å². The van der Waals surface area contributed by atoms with Crippen molar-refractivity contribution in [2.75, 3.05) is 6.61 Å². The van der Waals surface area contributed by atoms with Gasteiger partial charge in [-0.3, -0.25) is 9.48 Å². The second kappa shape index (κ2) is 9.66. The van der Waals surface area contributed by atoms with Gasteiger partial charge in [-0.1, -0.05) is 29.8 Å². The molecular weight excluding hydrogens is 426 g/mol. The molecule has 0 unspecified atom stereocenters. The number of hydrogen-bond donors (Lipinski definition) is 0. The van der Waals surface area contributed by atoms with E-state index in [1.54, 1.807) is 16.8 Å². The highest BCUT2D eigenvalue weighted by atomic mass is 35.5. The standard InChI is InChI=1S/C23H19ClF2N2O3/c1-14-18(15(2)28(27-14)12-17-5-3-4-6-19(17)24)8-10-23(30)31-13-22(29)16-7-9-20(25)21(26)11-16/h3-11H,12-13H2,1-2H3/b10-8+. The maximum absolute atomic E-state index is 13.2. The van der Waals surface area contributed by atoms with Gasteiger partial charge in [-0.25, -0.2) is 13.6 Å². The number of aryl methyl sites for hydroxylation is 1. The van der Waals surface area contributed by atoms with Gasteiger partial charge in [-0.05, 0) is 49.8 Å². The zero-order valence-corrected chi connectivity index (χ0v) is 17.6. The van der Waals surface area contributed by atoms with E-state index in [-0.39, 0.29) is 5.56 Å². The highest BCUT2D eigenvalue weighted by molar-refractivity contribution is 6.31. The zero-order chi connectivity index (χ0) is 22.5. The second-order valence-corrected chi connectivity index (χ2v) is 7.23. The Morgan fingerprint density at radius 2 is 1.87 bits per heavy atom. The van der Waals surface area contributed by atoms with Crippen LogP contribution >= 0.6 is 11.6 Å². The summed E-state index contributed by atoms with van der Waals surface area (Å²) in [5.74, 6) is -3.58. The van der Waals surface area contributed by atoms with Crippen LogP contribution in [0.5, 0.6) is 0 Å². The topological polar surface area (TPSA) is 61.2 Å². The first-order chi connectivity index (χ1) is 14.8. The third-order valence-electron chi connectivity index (χ3n) is 4.69. The molecule has 5 nitrogen and oxygen atoms in total. The summed E-state index contributed by atoms with van der Waals surface area (Å²) in [5.41, 5.74) is 3.13. The Labute approximate surface area is 182 Å². The molecule has 0 spiro atoms. The van der Waals surface area contributed by atoms with Crippen molar-refractivity contribution < 1.29 is 23.1 Å². The molecule has 0 fully saturated rings. The number of carbonyl (C=O) groups excluding carboxylic acids is 2. The summed E-state index contributed by atoms with van der Waals surface area (Å²) in [5, 5.41) is 5.13. The number of Topliss-reactive ketones (excluding diaryl/α,β-unsaturated/α-hetero) is 1. The molecule has 8 heteroatoms. The largest absolute Gasteiger partial charge is 0.454 e. The molecule has 0 aliphatic heterocycles. The molecule has 0 aliphatic rings. The lowest BCUT2D eigenvalue weighted by molar-refractivity contribution is -0.136. The maximum atomic E-state index is 13.2. The highest BCUT2D eigenvalue weighted by Crippen LogP contribution is 2.20. The fraction of sp³-hybridized carbons (Fsp3) is 0.174. The van der Waals surface area contributed by atoms with Crippen LogP contribution in [-0.2, 0) is 16.1 Å². The van der Waals surface area contributed by atoms with E-state index in [1.807, 2.05) is 32.0 Å². The summed E-state index contributed by atoms with van der Waals surface area (Å²) in [6, 6.07) is 10.2. The Kier molecular flexibility index (Phi) is 6.97. The summed E-state index contributed by atoms with van der Waals surface area (Å²) in [6.45, 7) is 3.58. The SMILES string of the molecule is Cc1nn(Cc2ccccc2Cl)c(C)c1/C=C/C(=O)OCC(=O)c1ccc(F)c(F)c1. The van der Waals surface area contributed by atoms with Crippen LogP contribution in [0.15, 0.2) is 48.5 Å². The van der Waals surface area contributed by atoms with E-state index >= 15 is 0 Å². The Bertz CT molecular complexity index is 1170. The lowest BCUT2D eigenvalue weighted by Crippen LogP contribution is -2.13. The zero-order valence-electron chi connectivity index (χ0n) is 16.9. The average molecular weight is 445 g/mol. The number of halogens is 3. The predicted molar refractivity (Wildman–Crippen MR) is 113 cm³/mol. The number of ketones is 1. The molecule has 1 heterocycles. The molecule has 160 valence electrons. The molecule has 0 aliphatic carbocycles. The Morgan fingerprint density at radius 1 is 1.13 bits per heavy atom. The van der Waals surface area contributed by atoms with Crippen molar-refractivity contribution in [2.45, 2.75) is 20.4 Å². The number of hydrogen-bond acceptors (Lipinski definition) is 4. The number of rotatable bonds is 7. The summed E-state index contributed by atoms with van der Waals surface area (Å²) < 4.78 is 32.9. The predicted octanol–water partition coefficient (Wildman–Crippen LogP) is 4.92. The number of esters is 1. The van der Waals surface area contributed by atoms with Crippen LogP contribution in [0, 0.1) is 25.5 Å². The maximum Gasteiger partial charge on any atom is 0.331 e. The van der Waals surface area contributed by atoms with Gasteiger partial charge in [0.1, 0.15) is 0 Å². The van der Waals surface area contributed by atoms with Gasteiger partial charge in [0.2, 0.25) is 0 Å². The minimum atomic E-state index is -1.14. The second-order valence-electron chi connectivity index (χ2n) is 6.83. The van der Waals surface area contributed by atoms with Gasteiger partial charge in [0.05, 0.1) is 12.2 Å². The van der Waals surface area contributed by atoms with Crippen molar-refractivity contribution in [3.8, 4) is 0 Å². The quantitative estimate of drug-likeness (QED) is 0.295. The molecule has 0 saturated carbocycles. The smallest absolute Gasteiger partial charge is 0.331 e. The molecule has 1 aromatic heterocycles. The van der Waals surface area contributed by atoms with Gasteiger partial charge in [0, 0.05) is 27.9 Å². The summed E-state index contributed by atoms with van der Waals surface area (Å²) >= 11 is 6.21.